The first-order valence-corrected chi connectivity index (χ1v) is 11.6. The lowest BCUT2D eigenvalue weighted by Crippen LogP contribution is -2.19. The summed E-state index contributed by atoms with van der Waals surface area (Å²) in [5.41, 5.74) is 1.58. The number of ether oxygens (including phenoxy) is 1. The Balaban J connectivity index is 1.52. The number of hydrogen-bond donors (Lipinski definition) is 1. The Labute approximate surface area is 187 Å². The molecular formula is C24H27ClN2O2S. The van der Waals surface area contributed by atoms with Crippen LogP contribution in [-0.2, 0) is 4.79 Å². The Morgan fingerprint density at radius 3 is 2.53 bits per heavy atom. The highest BCUT2D eigenvalue weighted by Gasteiger charge is 2.24. The first-order chi connectivity index (χ1) is 14.7. The summed E-state index contributed by atoms with van der Waals surface area (Å²) in [7, 11) is 0. The number of unbranched alkanes of at least 4 members (excludes halogenated alkanes) is 5. The molecule has 0 saturated carbocycles. The molecule has 0 unspecified atom stereocenters. The summed E-state index contributed by atoms with van der Waals surface area (Å²) in [6, 6.07) is 15.1. The second-order valence-electron chi connectivity index (χ2n) is 7.12. The molecule has 0 spiro atoms. The van der Waals surface area contributed by atoms with Gasteiger partial charge in [0.1, 0.15) is 5.75 Å². The highest BCUT2D eigenvalue weighted by atomic mass is 35.5. The number of rotatable bonds is 10. The molecule has 6 heteroatoms. The van der Waals surface area contributed by atoms with E-state index < -0.39 is 0 Å². The van der Waals surface area contributed by atoms with Gasteiger partial charge in [0.25, 0.3) is 5.91 Å². The standard InChI is InChI=1S/C24H27ClN2O2S/c1-2-3-4-5-6-9-16-29-19-14-12-18(13-15-19)17-22-23(28)27-24(30-22)26-21-11-8-7-10-20(21)25/h7-8,10-15,17H,2-6,9,16H2,1H3,(H,26,27,28)/b22-17-. The van der Waals surface area contributed by atoms with Gasteiger partial charge in [-0.05, 0) is 54.1 Å². The highest BCUT2D eigenvalue weighted by Crippen LogP contribution is 2.31. The summed E-state index contributed by atoms with van der Waals surface area (Å²) in [5.74, 6) is 0.699. The van der Waals surface area contributed by atoms with Crippen LogP contribution in [0.4, 0.5) is 5.69 Å². The van der Waals surface area contributed by atoms with Gasteiger partial charge >= 0.3 is 0 Å². The number of carbonyl (C=O) groups excluding carboxylic acids is 1. The smallest absolute Gasteiger partial charge is 0.264 e. The summed E-state index contributed by atoms with van der Waals surface area (Å²) in [6.07, 6.45) is 9.35. The summed E-state index contributed by atoms with van der Waals surface area (Å²) < 4.78 is 5.82. The number of amides is 1. The summed E-state index contributed by atoms with van der Waals surface area (Å²) in [5, 5.41) is 3.86. The van der Waals surface area contributed by atoms with Crippen molar-refractivity contribution in [2.45, 2.75) is 45.4 Å². The Morgan fingerprint density at radius 2 is 1.77 bits per heavy atom. The largest absolute Gasteiger partial charge is 0.494 e. The van der Waals surface area contributed by atoms with Crippen LogP contribution in [0.1, 0.15) is 51.0 Å². The molecule has 0 bridgehead atoms. The fraction of sp³-hybridized carbons (Fsp3) is 0.333. The monoisotopic (exact) mass is 442 g/mol. The molecule has 1 N–H and O–H groups in total. The van der Waals surface area contributed by atoms with E-state index in [1.54, 1.807) is 6.07 Å². The van der Waals surface area contributed by atoms with Crippen molar-refractivity contribution in [1.29, 1.82) is 0 Å². The molecule has 0 atom stereocenters. The number of amidine groups is 1. The molecule has 158 valence electrons. The maximum Gasteiger partial charge on any atom is 0.264 e. The van der Waals surface area contributed by atoms with Gasteiger partial charge in [-0.1, -0.05) is 74.9 Å². The van der Waals surface area contributed by atoms with Gasteiger partial charge in [-0.15, -0.1) is 0 Å². The highest BCUT2D eigenvalue weighted by molar-refractivity contribution is 8.18. The molecule has 1 amide bonds. The van der Waals surface area contributed by atoms with Crippen LogP contribution in [0.5, 0.6) is 5.75 Å². The molecule has 2 aromatic rings. The number of carbonyl (C=O) groups is 1. The van der Waals surface area contributed by atoms with Crippen molar-refractivity contribution >= 4 is 46.2 Å². The average Bonchev–Trinajstić information content (AvgIpc) is 3.09. The number of nitrogens with one attached hydrogen (secondary N) is 1. The van der Waals surface area contributed by atoms with Crippen molar-refractivity contribution in [1.82, 2.24) is 5.32 Å². The summed E-state index contributed by atoms with van der Waals surface area (Å²) >= 11 is 7.44. The van der Waals surface area contributed by atoms with E-state index in [0.29, 0.717) is 20.8 Å². The van der Waals surface area contributed by atoms with Gasteiger partial charge in [-0.2, -0.15) is 0 Å². The van der Waals surface area contributed by atoms with E-state index in [4.69, 9.17) is 16.3 Å². The van der Waals surface area contributed by atoms with Crippen LogP contribution in [0.2, 0.25) is 5.02 Å². The van der Waals surface area contributed by atoms with E-state index in [1.165, 1.54) is 43.9 Å². The van der Waals surface area contributed by atoms with Crippen molar-refractivity contribution in [3.05, 3.63) is 64.0 Å². The molecule has 0 aliphatic carbocycles. The number of aliphatic imine (C=N–C) groups is 1. The number of halogens is 1. The van der Waals surface area contributed by atoms with E-state index in [2.05, 4.69) is 17.2 Å². The lowest BCUT2D eigenvalue weighted by molar-refractivity contribution is -0.115. The Hall–Kier alpha value is -2.24. The minimum absolute atomic E-state index is 0.158. The predicted octanol–water partition coefficient (Wildman–Crippen LogP) is 6.97. The second-order valence-corrected chi connectivity index (χ2v) is 8.56. The third kappa shape index (κ3) is 6.92. The SMILES string of the molecule is CCCCCCCCOc1ccc(/C=C2\SC(=Nc3ccccc3Cl)NC2=O)cc1. The van der Waals surface area contributed by atoms with Crippen molar-refractivity contribution < 1.29 is 9.53 Å². The van der Waals surface area contributed by atoms with Crippen molar-refractivity contribution in [3.63, 3.8) is 0 Å². The predicted molar refractivity (Wildman–Crippen MR) is 128 cm³/mol. The van der Waals surface area contributed by atoms with Crippen LogP contribution in [0, 0.1) is 0 Å². The van der Waals surface area contributed by atoms with E-state index in [9.17, 15) is 4.79 Å². The maximum atomic E-state index is 12.3. The van der Waals surface area contributed by atoms with Crippen molar-refractivity contribution in [3.8, 4) is 5.75 Å². The fourth-order valence-electron chi connectivity index (χ4n) is 3.02. The molecule has 1 heterocycles. The topological polar surface area (TPSA) is 50.7 Å². The molecule has 1 aliphatic rings. The van der Waals surface area contributed by atoms with Gasteiger partial charge in [0, 0.05) is 0 Å². The number of hydrogen-bond acceptors (Lipinski definition) is 4. The third-order valence-electron chi connectivity index (χ3n) is 4.67. The van der Waals surface area contributed by atoms with Crippen LogP contribution < -0.4 is 10.1 Å². The molecular weight excluding hydrogens is 416 g/mol. The van der Waals surface area contributed by atoms with Crippen LogP contribution >= 0.6 is 23.4 Å². The first-order valence-electron chi connectivity index (χ1n) is 10.4. The zero-order valence-electron chi connectivity index (χ0n) is 17.2. The molecule has 1 aliphatic heterocycles. The van der Waals surface area contributed by atoms with Gasteiger partial charge in [-0.25, -0.2) is 4.99 Å². The van der Waals surface area contributed by atoms with Gasteiger partial charge in [0.15, 0.2) is 5.17 Å². The second kappa shape index (κ2) is 11.8. The molecule has 2 aromatic carbocycles. The quantitative estimate of drug-likeness (QED) is 0.319. The normalized spacial score (nSPS) is 16.3. The summed E-state index contributed by atoms with van der Waals surface area (Å²) in [6.45, 7) is 2.97. The van der Waals surface area contributed by atoms with E-state index in [1.807, 2.05) is 48.5 Å². The molecule has 1 fully saturated rings. The van der Waals surface area contributed by atoms with Crippen LogP contribution in [0.15, 0.2) is 58.4 Å². The van der Waals surface area contributed by atoms with E-state index in [-0.39, 0.29) is 5.91 Å². The fourth-order valence-corrected chi connectivity index (χ4v) is 4.03. The van der Waals surface area contributed by atoms with Gasteiger partial charge in [-0.3, -0.25) is 4.79 Å². The third-order valence-corrected chi connectivity index (χ3v) is 5.90. The molecule has 1 saturated heterocycles. The van der Waals surface area contributed by atoms with Crippen molar-refractivity contribution in [2.24, 2.45) is 4.99 Å². The van der Waals surface area contributed by atoms with Gasteiger partial charge in [0.05, 0.1) is 22.2 Å². The van der Waals surface area contributed by atoms with Crippen LogP contribution in [0.3, 0.4) is 0 Å². The van der Waals surface area contributed by atoms with Gasteiger partial charge < -0.3 is 10.1 Å². The Bertz CT molecular complexity index is 910. The van der Waals surface area contributed by atoms with E-state index >= 15 is 0 Å². The Kier molecular flexibility index (Phi) is 8.84. The zero-order valence-corrected chi connectivity index (χ0v) is 18.8. The summed E-state index contributed by atoms with van der Waals surface area (Å²) in [4.78, 5) is 17.3. The molecule has 3 rings (SSSR count). The lowest BCUT2D eigenvalue weighted by Gasteiger charge is -2.06. The van der Waals surface area contributed by atoms with Gasteiger partial charge in [0.2, 0.25) is 0 Å². The molecule has 0 aromatic heterocycles. The number of thioether (sulfide) groups is 1. The van der Waals surface area contributed by atoms with Crippen LogP contribution in [0.25, 0.3) is 6.08 Å². The molecule has 0 radical (unpaired) electrons. The number of benzene rings is 2. The Morgan fingerprint density at radius 1 is 1.03 bits per heavy atom. The van der Waals surface area contributed by atoms with Crippen LogP contribution in [-0.4, -0.2) is 17.7 Å². The maximum absolute atomic E-state index is 12.3. The van der Waals surface area contributed by atoms with Crippen molar-refractivity contribution in [2.75, 3.05) is 6.61 Å². The number of nitrogens with zero attached hydrogens (tertiary/aromatic N) is 1. The number of para-hydroxylation sites is 1. The lowest BCUT2D eigenvalue weighted by atomic mass is 10.1. The van der Waals surface area contributed by atoms with E-state index in [0.717, 1.165) is 24.3 Å². The minimum atomic E-state index is -0.158. The molecule has 30 heavy (non-hydrogen) atoms. The zero-order chi connectivity index (χ0) is 21.2. The average molecular weight is 443 g/mol. The minimum Gasteiger partial charge on any atom is -0.494 e. The molecule has 4 nitrogen and oxygen atoms in total. The first kappa shape index (κ1) is 22.4.